The van der Waals surface area contributed by atoms with E-state index in [1.807, 2.05) is 103 Å². The van der Waals surface area contributed by atoms with Crippen molar-refractivity contribution in [3.8, 4) is 39.6 Å². The predicted octanol–water partition coefficient (Wildman–Crippen LogP) is 10.5. The van der Waals surface area contributed by atoms with Gasteiger partial charge in [-0.1, -0.05) is 71.6 Å². The van der Waals surface area contributed by atoms with Crippen LogP contribution in [0.1, 0.15) is 0 Å². The molecular weight excluding hydrogens is 865 g/mol. The SMILES string of the molecule is [CH3][Ge]([CH3])([CH3])[c]1ccc(-c2[c-]cccc2)nc1.[Ir].[c-]1ccc2c(oc3nc(-c4ccccc4)ccc32)c1-c1nc2ccccc2n1-c1ccccc1. The van der Waals surface area contributed by atoms with Crippen LogP contribution in [0.5, 0.6) is 0 Å². The van der Waals surface area contributed by atoms with Crippen LogP contribution in [-0.4, -0.2) is 32.8 Å². The molecule has 0 saturated heterocycles. The van der Waals surface area contributed by atoms with E-state index in [1.165, 1.54) is 4.40 Å². The molecule has 0 aliphatic carbocycles. The monoisotopic (exact) mass is 901 g/mol. The first-order valence-electron chi connectivity index (χ1n) is 16.7. The van der Waals surface area contributed by atoms with Gasteiger partial charge in [0.15, 0.2) is 0 Å². The van der Waals surface area contributed by atoms with E-state index in [0.29, 0.717) is 5.71 Å². The van der Waals surface area contributed by atoms with Crippen molar-refractivity contribution in [3.05, 3.63) is 164 Å². The minimum Gasteiger partial charge on any atom is -0.486 e. The third-order valence-corrected chi connectivity index (χ3v) is 13.0. The van der Waals surface area contributed by atoms with Crippen LogP contribution in [-0.2, 0) is 20.1 Å². The van der Waals surface area contributed by atoms with Crippen LogP contribution in [0.15, 0.2) is 156 Å². The molecule has 0 bridgehead atoms. The Hall–Kier alpha value is -5.14. The van der Waals surface area contributed by atoms with Crippen LogP contribution >= 0.6 is 0 Å². The summed E-state index contributed by atoms with van der Waals surface area (Å²) in [4.78, 5) is 14.4. The number of rotatable bonds is 5. The average Bonchev–Trinajstić information content (AvgIpc) is 3.74. The van der Waals surface area contributed by atoms with Gasteiger partial charge >= 0.3 is 99.8 Å². The van der Waals surface area contributed by atoms with E-state index in [9.17, 15) is 0 Å². The normalized spacial score (nSPS) is 11.3. The van der Waals surface area contributed by atoms with Crippen molar-refractivity contribution in [2.24, 2.45) is 0 Å². The van der Waals surface area contributed by atoms with E-state index >= 15 is 0 Å². The fourth-order valence-electron chi connectivity index (χ4n) is 6.14. The molecule has 9 rings (SSSR count). The molecule has 5 nitrogen and oxygen atoms in total. The third-order valence-electron chi connectivity index (χ3n) is 8.78. The van der Waals surface area contributed by atoms with Crippen molar-refractivity contribution in [1.29, 1.82) is 0 Å². The predicted molar refractivity (Wildman–Crippen MR) is 207 cm³/mol. The van der Waals surface area contributed by atoms with Gasteiger partial charge in [-0.15, -0.1) is 18.2 Å². The maximum absolute atomic E-state index is 6.39. The van der Waals surface area contributed by atoms with Gasteiger partial charge in [-0.3, -0.25) is 4.98 Å². The van der Waals surface area contributed by atoms with E-state index in [2.05, 4.69) is 87.5 Å². The summed E-state index contributed by atoms with van der Waals surface area (Å²) in [6, 6.07) is 55.6. The molecule has 4 aromatic heterocycles. The standard InChI is InChI=1S/C30H18N3O.C14H16GeN.Ir/c1-3-10-20(11-4-1)25-19-18-23-22-14-9-15-24(28(22)34-30(23)32-25)29-31-26-16-7-8-17-27(26)33(29)21-12-5-2-6-13-21;1-15(2,3)13-9-10-14(16-11-13)12-7-5-4-6-8-12;/h1-14,16-19H;4-7,9-11H,1-3H3;/q2*-1;. The second kappa shape index (κ2) is 14.6. The van der Waals surface area contributed by atoms with E-state index in [0.717, 1.165) is 67.0 Å². The Labute approximate surface area is 313 Å². The van der Waals surface area contributed by atoms with Gasteiger partial charge in [-0.25, -0.2) is 4.98 Å². The molecule has 5 aromatic carbocycles. The number of fused-ring (bicyclic) bond motifs is 4. The summed E-state index contributed by atoms with van der Waals surface area (Å²) < 4.78 is 10.00. The third kappa shape index (κ3) is 6.95. The zero-order valence-corrected chi connectivity index (χ0v) is 33.0. The molecule has 0 N–H and O–H groups in total. The Morgan fingerprint density at radius 3 is 2.08 bits per heavy atom. The number of furan rings is 1. The Balaban J connectivity index is 0.000000202. The topological polar surface area (TPSA) is 56.7 Å². The first-order chi connectivity index (χ1) is 24.4. The zero-order chi connectivity index (χ0) is 34.1. The fraction of sp³-hybridized carbons (Fsp3) is 0.0682. The van der Waals surface area contributed by atoms with Gasteiger partial charge in [0.25, 0.3) is 0 Å². The summed E-state index contributed by atoms with van der Waals surface area (Å²) in [6.45, 7) is 0. The molecule has 251 valence electrons. The molecule has 9 aromatic rings. The van der Waals surface area contributed by atoms with E-state index in [4.69, 9.17) is 14.4 Å². The molecule has 1 radical (unpaired) electrons. The second-order valence-corrected chi connectivity index (χ2v) is 23.8. The molecule has 0 atom stereocenters. The summed E-state index contributed by atoms with van der Waals surface area (Å²) >= 11 is -1.72. The van der Waals surface area contributed by atoms with Crippen LogP contribution in [0.2, 0.25) is 17.3 Å². The van der Waals surface area contributed by atoms with Gasteiger partial charge < -0.3 is 8.98 Å². The van der Waals surface area contributed by atoms with Gasteiger partial charge in [-0.2, -0.15) is 0 Å². The summed E-state index contributed by atoms with van der Waals surface area (Å²) in [6.07, 6.45) is 2.04. The molecule has 7 heteroatoms. The van der Waals surface area contributed by atoms with Crippen LogP contribution < -0.4 is 4.40 Å². The number of benzene rings is 5. The molecule has 0 unspecified atom stereocenters. The molecule has 4 heterocycles. The van der Waals surface area contributed by atoms with E-state index in [-0.39, 0.29) is 20.1 Å². The smallest absolute Gasteiger partial charge is 0.216 e. The average molecular weight is 900 g/mol. The largest absolute Gasteiger partial charge is 0.486 e. The first kappa shape index (κ1) is 34.3. The van der Waals surface area contributed by atoms with Gasteiger partial charge in [0.05, 0.1) is 28.1 Å². The van der Waals surface area contributed by atoms with Gasteiger partial charge in [0.1, 0.15) is 0 Å². The summed E-state index contributed by atoms with van der Waals surface area (Å²) in [5, 5.41) is 1.98. The molecule has 0 saturated carbocycles. The van der Waals surface area contributed by atoms with Crippen LogP contribution in [0.25, 0.3) is 72.7 Å². The number of nitrogens with zero attached hydrogens (tertiary/aromatic N) is 4. The van der Waals surface area contributed by atoms with Gasteiger partial charge in [-0.05, 0) is 36.4 Å². The summed E-state index contributed by atoms with van der Waals surface area (Å²) in [5.41, 5.74) is 9.18. The summed E-state index contributed by atoms with van der Waals surface area (Å²) in [7, 11) is 0. The molecule has 0 aliphatic heterocycles. The van der Waals surface area contributed by atoms with Crippen molar-refractivity contribution < 1.29 is 24.5 Å². The molecule has 51 heavy (non-hydrogen) atoms. The quantitative estimate of drug-likeness (QED) is 0.128. The van der Waals surface area contributed by atoms with Crippen LogP contribution in [0, 0.1) is 12.1 Å². The van der Waals surface area contributed by atoms with Crippen molar-refractivity contribution in [2.45, 2.75) is 17.3 Å². The van der Waals surface area contributed by atoms with Crippen molar-refractivity contribution in [3.63, 3.8) is 0 Å². The molecule has 0 aliphatic rings. The number of para-hydroxylation sites is 3. The maximum Gasteiger partial charge on any atom is 0.216 e. The van der Waals surface area contributed by atoms with Crippen molar-refractivity contribution in [1.82, 2.24) is 19.5 Å². The number of imidazole rings is 1. The van der Waals surface area contributed by atoms with Crippen molar-refractivity contribution in [2.75, 3.05) is 0 Å². The Morgan fingerprint density at radius 1 is 0.627 bits per heavy atom. The molecule has 0 fully saturated rings. The van der Waals surface area contributed by atoms with E-state index in [1.54, 1.807) is 0 Å². The number of hydrogen-bond donors (Lipinski definition) is 0. The molecular formula is C44H34GeIrN4O-2. The van der Waals surface area contributed by atoms with Crippen molar-refractivity contribution >= 4 is 50.8 Å². The Kier molecular flexibility index (Phi) is 9.83. The Bertz CT molecular complexity index is 2560. The van der Waals surface area contributed by atoms with Gasteiger partial charge in [0, 0.05) is 36.7 Å². The van der Waals surface area contributed by atoms with Crippen LogP contribution in [0.4, 0.5) is 0 Å². The second-order valence-electron chi connectivity index (χ2n) is 13.2. The van der Waals surface area contributed by atoms with Gasteiger partial charge in [0.2, 0.25) is 5.71 Å². The first-order valence-corrected chi connectivity index (χ1v) is 24.0. The number of aromatic nitrogens is 4. The minimum atomic E-state index is -1.72. The zero-order valence-electron chi connectivity index (χ0n) is 28.5. The minimum absolute atomic E-state index is 0. The number of hydrogen-bond acceptors (Lipinski definition) is 4. The van der Waals surface area contributed by atoms with E-state index < -0.39 is 13.3 Å². The number of pyridine rings is 2. The molecule has 0 spiro atoms. The Morgan fingerprint density at radius 2 is 1.35 bits per heavy atom. The fourth-order valence-corrected chi connectivity index (χ4v) is 8.31. The molecule has 0 amide bonds. The summed E-state index contributed by atoms with van der Waals surface area (Å²) in [5.74, 6) is 7.93. The maximum atomic E-state index is 6.39. The van der Waals surface area contributed by atoms with Crippen LogP contribution in [0.3, 0.4) is 0 Å².